The second kappa shape index (κ2) is 6.23. The van der Waals surface area contributed by atoms with Gasteiger partial charge in [-0.15, -0.1) is 0 Å². The predicted molar refractivity (Wildman–Crippen MR) is 84.9 cm³/mol. The molecule has 0 fully saturated rings. The second-order valence-electron chi connectivity index (χ2n) is 4.84. The van der Waals surface area contributed by atoms with Crippen molar-refractivity contribution in [3.63, 3.8) is 0 Å². The van der Waals surface area contributed by atoms with Crippen molar-refractivity contribution in [2.45, 2.75) is 33.9 Å². The van der Waals surface area contributed by atoms with Crippen LogP contribution in [0.1, 0.15) is 23.9 Å². The molecule has 0 aliphatic heterocycles. The molecule has 0 aliphatic carbocycles. The van der Waals surface area contributed by atoms with Gasteiger partial charge in [-0.05, 0) is 50.6 Å². The molecule has 0 radical (unpaired) electrons. The summed E-state index contributed by atoms with van der Waals surface area (Å²) in [7, 11) is 1.66. The van der Waals surface area contributed by atoms with Crippen molar-refractivity contribution < 1.29 is 4.74 Å². The van der Waals surface area contributed by atoms with Crippen LogP contribution >= 0.6 is 11.6 Å². The third-order valence-electron chi connectivity index (χ3n) is 3.63. The Hall–Kier alpha value is -1.61. The third-order valence-corrected chi connectivity index (χ3v) is 3.86. The zero-order valence-corrected chi connectivity index (χ0v) is 13.2. The molecule has 1 aromatic heterocycles. The maximum absolute atomic E-state index is 6.04. The summed E-state index contributed by atoms with van der Waals surface area (Å²) in [6.45, 7) is 8.22. The molecule has 2 rings (SSSR count). The highest BCUT2D eigenvalue weighted by Crippen LogP contribution is 2.28. The van der Waals surface area contributed by atoms with Crippen LogP contribution in [0.4, 0.5) is 5.69 Å². The molecule has 1 N–H and O–H groups in total. The van der Waals surface area contributed by atoms with Crippen LogP contribution in [0.3, 0.4) is 0 Å². The molecular weight excluding hydrogens is 272 g/mol. The summed E-state index contributed by atoms with van der Waals surface area (Å²) in [6, 6.07) is 7.82. The summed E-state index contributed by atoms with van der Waals surface area (Å²) in [5.74, 6) is 0.804. The van der Waals surface area contributed by atoms with Crippen molar-refractivity contribution in [1.82, 2.24) is 4.57 Å². The zero-order valence-electron chi connectivity index (χ0n) is 12.5. The SMILES string of the molecule is CCn1c(C)cc(CNc2cc(Cl)ccc2OC)c1C. The number of nitrogens with one attached hydrogen (secondary N) is 1. The summed E-state index contributed by atoms with van der Waals surface area (Å²) in [5, 5.41) is 4.11. The van der Waals surface area contributed by atoms with Crippen LogP contribution in [0, 0.1) is 13.8 Å². The van der Waals surface area contributed by atoms with Gasteiger partial charge in [-0.25, -0.2) is 0 Å². The van der Waals surface area contributed by atoms with E-state index < -0.39 is 0 Å². The highest BCUT2D eigenvalue weighted by Gasteiger charge is 2.09. The summed E-state index contributed by atoms with van der Waals surface area (Å²) in [6.07, 6.45) is 0. The van der Waals surface area contributed by atoms with E-state index in [1.54, 1.807) is 7.11 Å². The Labute approximate surface area is 125 Å². The number of methoxy groups -OCH3 is 1. The molecule has 0 amide bonds. The average molecular weight is 293 g/mol. The lowest BCUT2D eigenvalue weighted by atomic mass is 10.2. The number of benzene rings is 1. The molecule has 0 spiro atoms. The van der Waals surface area contributed by atoms with E-state index >= 15 is 0 Å². The monoisotopic (exact) mass is 292 g/mol. The first-order valence-corrected chi connectivity index (χ1v) is 7.17. The van der Waals surface area contributed by atoms with E-state index in [1.165, 1.54) is 17.0 Å². The zero-order chi connectivity index (χ0) is 14.7. The number of hydrogen-bond donors (Lipinski definition) is 1. The molecule has 20 heavy (non-hydrogen) atoms. The van der Waals surface area contributed by atoms with E-state index in [-0.39, 0.29) is 0 Å². The molecule has 108 valence electrons. The predicted octanol–water partition coefficient (Wildman–Crippen LogP) is 4.40. The summed E-state index contributed by atoms with van der Waals surface area (Å²) in [4.78, 5) is 0. The van der Waals surface area contributed by atoms with Crippen molar-refractivity contribution in [2.24, 2.45) is 0 Å². The number of hydrogen-bond acceptors (Lipinski definition) is 2. The minimum absolute atomic E-state index is 0.701. The maximum atomic E-state index is 6.04. The van der Waals surface area contributed by atoms with E-state index in [0.29, 0.717) is 5.02 Å². The topological polar surface area (TPSA) is 26.2 Å². The van der Waals surface area contributed by atoms with Gasteiger partial charge in [-0.1, -0.05) is 11.6 Å². The van der Waals surface area contributed by atoms with Gasteiger partial charge in [0.1, 0.15) is 5.75 Å². The average Bonchev–Trinajstić information content (AvgIpc) is 2.70. The summed E-state index contributed by atoms with van der Waals surface area (Å²) < 4.78 is 7.65. The van der Waals surface area contributed by atoms with Gasteiger partial charge < -0.3 is 14.6 Å². The van der Waals surface area contributed by atoms with Gasteiger partial charge in [-0.3, -0.25) is 0 Å². The van der Waals surface area contributed by atoms with Gasteiger partial charge in [0.15, 0.2) is 0 Å². The van der Waals surface area contributed by atoms with Crippen LogP contribution < -0.4 is 10.1 Å². The number of aryl methyl sites for hydroxylation is 1. The normalized spacial score (nSPS) is 10.7. The van der Waals surface area contributed by atoms with Gasteiger partial charge >= 0.3 is 0 Å². The molecule has 4 heteroatoms. The number of aromatic nitrogens is 1. The molecule has 2 aromatic rings. The van der Waals surface area contributed by atoms with Crippen molar-refractivity contribution in [3.05, 3.63) is 46.2 Å². The van der Waals surface area contributed by atoms with Crippen LogP contribution in [-0.4, -0.2) is 11.7 Å². The number of anilines is 1. The quantitative estimate of drug-likeness (QED) is 0.884. The van der Waals surface area contributed by atoms with Gasteiger partial charge in [0.05, 0.1) is 12.8 Å². The first-order valence-electron chi connectivity index (χ1n) is 6.79. The second-order valence-corrected chi connectivity index (χ2v) is 5.28. The van der Waals surface area contributed by atoms with Crippen LogP contribution in [0.5, 0.6) is 5.75 Å². The third kappa shape index (κ3) is 2.93. The van der Waals surface area contributed by atoms with Crippen LogP contribution in [0.25, 0.3) is 0 Å². The fraction of sp³-hybridized carbons (Fsp3) is 0.375. The van der Waals surface area contributed by atoms with E-state index in [1.807, 2.05) is 18.2 Å². The maximum Gasteiger partial charge on any atom is 0.142 e. The Kier molecular flexibility index (Phi) is 4.61. The standard InChI is InChI=1S/C16H21ClN2O/c1-5-19-11(2)8-13(12(19)3)10-18-15-9-14(17)6-7-16(15)20-4/h6-9,18H,5,10H2,1-4H3. The van der Waals surface area contributed by atoms with Gasteiger partial charge in [0.2, 0.25) is 0 Å². The fourth-order valence-corrected chi connectivity index (χ4v) is 2.72. The van der Waals surface area contributed by atoms with Gasteiger partial charge in [0.25, 0.3) is 0 Å². The molecule has 0 bridgehead atoms. The Morgan fingerprint density at radius 2 is 2.00 bits per heavy atom. The van der Waals surface area contributed by atoms with Crippen LogP contribution in [0.2, 0.25) is 5.02 Å². The molecule has 0 saturated heterocycles. The molecule has 0 aliphatic rings. The lowest BCUT2D eigenvalue weighted by Crippen LogP contribution is -2.04. The van der Waals surface area contributed by atoms with Gasteiger partial charge in [0, 0.05) is 29.5 Å². The van der Waals surface area contributed by atoms with Crippen LogP contribution in [0.15, 0.2) is 24.3 Å². The smallest absolute Gasteiger partial charge is 0.142 e. The lowest BCUT2D eigenvalue weighted by Gasteiger charge is -2.12. The Balaban J connectivity index is 2.19. The number of nitrogens with zero attached hydrogens (tertiary/aromatic N) is 1. The van der Waals surface area contributed by atoms with E-state index in [0.717, 1.165) is 24.5 Å². The number of halogens is 1. The number of ether oxygens (including phenoxy) is 1. The molecule has 0 unspecified atom stereocenters. The Morgan fingerprint density at radius 1 is 1.25 bits per heavy atom. The Bertz CT molecular complexity index is 605. The van der Waals surface area contributed by atoms with Crippen molar-refractivity contribution in [2.75, 3.05) is 12.4 Å². The minimum Gasteiger partial charge on any atom is -0.495 e. The highest BCUT2D eigenvalue weighted by atomic mass is 35.5. The number of rotatable bonds is 5. The van der Waals surface area contributed by atoms with Crippen molar-refractivity contribution >= 4 is 17.3 Å². The molecule has 0 atom stereocenters. The molecule has 1 aromatic carbocycles. The van der Waals surface area contributed by atoms with E-state index in [9.17, 15) is 0 Å². The minimum atomic E-state index is 0.701. The lowest BCUT2D eigenvalue weighted by molar-refractivity contribution is 0.416. The first kappa shape index (κ1) is 14.8. The van der Waals surface area contributed by atoms with Crippen molar-refractivity contribution in [1.29, 1.82) is 0 Å². The molecule has 1 heterocycles. The molecular formula is C16H21ClN2O. The summed E-state index contributed by atoms with van der Waals surface area (Å²) >= 11 is 6.04. The van der Waals surface area contributed by atoms with E-state index in [2.05, 4.69) is 36.7 Å². The Morgan fingerprint density at radius 3 is 2.60 bits per heavy atom. The van der Waals surface area contributed by atoms with Crippen molar-refractivity contribution in [3.8, 4) is 5.75 Å². The first-order chi connectivity index (χ1) is 9.56. The largest absolute Gasteiger partial charge is 0.495 e. The van der Waals surface area contributed by atoms with Crippen LogP contribution in [-0.2, 0) is 13.1 Å². The fourth-order valence-electron chi connectivity index (χ4n) is 2.55. The highest BCUT2D eigenvalue weighted by molar-refractivity contribution is 6.30. The molecule has 3 nitrogen and oxygen atoms in total. The van der Waals surface area contributed by atoms with E-state index in [4.69, 9.17) is 16.3 Å². The molecule has 0 saturated carbocycles. The summed E-state index contributed by atoms with van der Waals surface area (Å²) in [5.41, 5.74) is 4.81. The van der Waals surface area contributed by atoms with Gasteiger partial charge in [-0.2, -0.15) is 0 Å².